The van der Waals surface area contributed by atoms with Gasteiger partial charge in [-0.05, 0) is 49.9 Å². The Morgan fingerprint density at radius 1 is 1.14 bits per heavy atom. The second kappa shape index (κ2) is 12.7. The van der Waals surface area contributed by atoms with E-state index in [2.05, 4.69) is 34.3 Å². The Balaban J connectivity index is 1.73. The van der Waals surface area contributed by atoms with E-state index in [0.717, 1.165) is 29.7 Å². The molecule has 2 aromatic heterocycles. The second-order valence-electron chi connectivity index (χ2n) is 8.74. The molecule has 0 aliphatic heterocycles. The minimum atomic E-state index is -0.307. The van der Waals surface area contributed by atoms with Crippen LogP contribution in [0.3, 0.4) is 0 Å². The number of H-pyrrole nitrogens is 1. The Morgan fingerprint density at radius 2 is 1.83 bits per heavy atom. The zero-order valence-corrected chi connectivity index (χ0v) is 21.6. The SMILES string of the molecule is CCCn1c(=O)c2[nH]c(C(C)Cc3ccc(SCC(=O)NCCCN)cc3)nc2n(CCC)c1=O. The van der Waals surface area contributed by atoms with E-state index < -0.39 is 0 Å². The van der Waals surface area contributed by atoms with Crippen LogP contribution in [0.4, 0.5) is 0 Å². The van der Waals surface area contributed by atoms with Crippen molar-refractivity contribution in [2.24, 2.45) is 5.73 Å². The van der Waals surface area contributed by atoms with Gasteiger partial charge in [0, 0.05) is 30.4 Å². The van der Waals surface area contributed by atoms with Gasteiger partial charge in [0.05, 0.1) is 5.75 Å². The number of nitrogens with two attached hydrogens (primary N) is 1. The van der Waals surface area contributed by atoms with Crippen LogP contribution in [0.5, 0.6) is 0 Å². The number of nitrogens with zero attached hydrogens (tertiary/aromatic N) is 3. The molecule has 0 saturated carbocycles. The number of thioether (sulfide) groups is 1. The number of amides is 1. The highest BCUT2D eigenvalue weighted by Crippen LogP contribution is 2.23. The zero-order chi connectivity index (χ0) is 25.4. The predicted octanol–water partition coefficient (Wildman–Crippen LogP) is 2.61. The Bertz CT molecular complexity index is 1250. The van der Waals surface area contributed by atoms with E-state index >= 15 is 0 Å². The summed E-state index contributed by atoms with van der Waals surface area (Å²) in [4.78, 5) is 46.6. The highest BCUT2D eigenvalue weighted by Gasteiger charge is 2.19. The van der Waals surface area contributed by atoms with Crippen LogP contribution in [-0.4, -0.2) is 43.9 Å². The van der Waals surface area contributed by atoms with Crippen LogP contribution in [0, 0.1) is 0 Å². The molecular formula is C25H36N6O3S. The van der Waals surface area contributed by atoms with Gasteiger partial charge >= 0.3 is 5.69 Å². The number of benzene rings is 1. The van der Waals surface area contributed by atoms with Crippen molar-refractivity contribution in [1.82, 2.24) is 24.4 Å². The van der Waals surface area contributed by atoms with Crippen LogP contribution in [0.15, 0.2) is 38.8 Å². The molecule has 0 spiro atoms. The van der Waals surface area contributed by atoms with E-state index in [1.54, 1.807) is 4.57 Å². The number of carbonyl (C=O) groups is 1. The van der Waals surface area contributed by atoms with Crippen molar-refractivity contribution in [3.63, 3.8) is 0 Å². The zero-order valence-electron chi connectivity index (χ0n) is 20.8. The third-order valence-corrected chi connectivity index (χ3v) is 6.79. The molecule has 1 atom stereocenters. The van der Waals surface area contributed by atoms with E-state index in [1.165, 1.54) is 16.3 Å². The molecule has 0 radical (unpaired) electrons. The largest absolute Gasteiger partial charge is 0.355 e. The first-order chi connectivity index (χ1) is 16.9. The number of hydrogen-bond donors (Lipinski definition) is 3. The van der Waals surface area contributed by atoms with Crippen LogP contribution in [0.1, 0.15) is 57.3 Å². The highest BCUT2D eigenvalue weighted by molar-refractivity contribution is 8.00. The predicted molar refractivity (Wildman–Crippen MR) is 141 cm³/mol. The van der Waals surface area contributed by atoms with E-state index in [4.69, 9.17) is 5.73 Å². The first-order valence-corrected chi connectivity index (χ1v) is 13.3. The Kier molecular flexibility index (Phi) is 9.73. The smallest absolute Gasteiger partial charge is 0.332 e. The fraction of sp³-hybridized carbons (Fsp3) is 0.520. The van der Waals surface area contributed by atoms with Gasteiger partial charge in [-0.1, -0.05) is 32.9 Å². The van der Waals surface area contributed by atoms with Crippen LogP contribution in [0.2, 0.25) is 0 Å². The third-order valence-electron chi connectivity index (χ3n) is 5.78. The summed E-state index contributed by atoms with van der Waals surface area (Å²) in [5.74, 6) is 1.10. The average molecular weight is 501 g/mol. The standard InChI is InChI=1S/C25H36N6O3S/c1-4-13-30-23-21(24(33)31(14-5-2)25(30)34)28-22(29-23)17(3)15-18-7-9-19(10-8-18)35-16-20(32)27-12-6-11-26/h7-10,17H,4-6,11-16,26H2,1-3H3,(H,27,32)(H,28,29). The van der Waals surface area contributed by atoms with Crippen LogP contribution < -0.4 is 22.3 Å². The first kappa shape index (κ1) is 26.7. The van der Waals surface area contributed by atoms with Gasteiger partial charge in [0.15, 0.2) is 5.65 Å². The summed E-state index contributed by atoms with van der Waals surface area (Å²) in [5.41, 5.74) is 6.80. The third kappa shape index (κ3) is 6.64. The van der Waals surface area contributed by atoms with Gasteiger partial charge in [0.2, 0.25) is 5.91 Å². The van der Waals surface area contributed by atoms with E-state index in [9.17, 15) is 14.4 Å². The van der Waals surface area contributed by atoms with Gasteiger partial charge in [-0.3, -0.25) is 18.7 Å². The fourth-order valence-electron chi connectivity index (χ4n) is 3.97. The molecule has 0 aliphatic rings. The molecule has 1 unspecified atom stereocenters. The lowest BCUT2D eigenvalue weighted by Gasteiger charge is -2.10. The van der Waals surface area contributed by atoms with Crippen LogP contribution >= 0.6 is 11.8 Å². The summed E-state index contributed by atoms with van der Waals surface area (Å²) in [6, 6.07) is 8.13. The summed E-state index contributed by atoms with van der Waals surface area (Å²) < 4.78 is 2.91. The molecule has 9 nitrogen and oxygen atoms in total. The second-order valence-corrected chi connectivity index (χ2v) is 9.79. The van der Waals surface area contributed by atoms with Crippen LogP contribution in [0.25, 0.3) is 11.2 Å². The molecule has 0 fully saturated rings. The maximum Gasteiger partial charge on any atom is 0.332 e. The molecule has 2 heterocycles. The topological polar surface area (TPSA) is 128 Å². The van der Waals surface area contributed by atoms with Gasteiger partial charge in [-0.25, -0.2) is 9.78 Å². The first-order valence-electron chi connectivity index (χ1n) is 12.3. The van der Waals surface area contributed by atoms with Crippen molar-refractivity contribution in [1.29, 1.82) is 0 Å². The molecular weight excluding hydrogens is 464 g/mol. The number of aromatic amines is 1. The lowest BCUT2D eigenvalue weighted by Crippen LogP contribution is -2.40. The van der Waals surface area contributed by atoms with Crippen molar-refractivity contribution in [3.05, 3.63) is 56.5 Å². The maximum absolute atomic E-state index is 13.0. The normalized spacial score (nSPS) is 12.2. The highest BCUT2D eigenvalue weighted by atomic mass is 32.2. The summed E-state index contributed by atoms with van der Waals surface area (Å²) in [6.45, 7) is 8.08. The molecule has 190 valence electrons. The number of fused-ring (bicyclic) bond motifs is 1. The minimum absolute atomic E-state index is 0.00517. The molecule has 0 bridgehead atoms. The molecule has 1 amide bonds. The molecule has 4 N–H and O–H groups in total. The Hall–Kier alpha value is -2.85. The van der Waals surface area contributed by atoms with E-state index in [0.29, 0.717) is 55.3 Å². The average Bonchev–Trinajstić information content (AvgIpc) is 3.30. The molecule has 0 saturated heterocycles. The Labute approximate surface area is 209 Å². The molecule has 1 aromatic carbocycles. The number of carbonyl (C=O) groups excluding carboxylic acids is 1. The van der Waals surface area contributed by atoms with Gasteiger partial charge in [0.25, 0.3) is 5.56 Å². The summed E-state index contributed by atoms with van der Waals surface area (Å²) >= 11 is 1.50. The molecule has 3 rings (SSSR count). The fourth-order valence-corrected chi connectivity index (χ4v) is 4.69. The molecule has 35 heavy (non-hydrogen) atoms. The molecule has 0 aliphatic carbocycles. The minimum Gasteiger partial charge on any atom is -0.355 e. The number of aryl methyl sites for hydroxylation is 1. The van der Waals surface area contributed by atoms with Gasteiger partial charge < -0.3 is 16.0 Å². The van der Waals surface area contributed by atoms with Gasteiger partial charge in [-0.15, -0.1) is 11.8 Å². The van der Waals surface area contributed by atoms with Crippen molar-refractivity contribution in [2.75, 3.05) is 18.8 Å². The van der Waals surface area contributed by atoms with E-state index in [1.807, 2.05) is 26.0 Å². The van der Waals surface area contributed by atoms with Crippen molar-refractivity contribution >= 4 is 28.8 Å². The summed E-state index contributed by atoms with van der Waals surface area (Å²) in [6.07, 6.45) is 2.99. The van der Waals surface area contributed by atoms with E-state index in [-0.39, 0.29) is 23.1 Å². The van der Waals surface area contributed by atoms with Crippen molar-refractivity contribution in [3.8, 4) is 0 Å². The lowest BCUT2D eigenvalue weighted by atomic mass is 10.0. The summed E-state index contributed by atoms with van der Waals surface area (Å²) in [5, 5.41) is 2.85. The Morgan fingerprint density at radius 3 is 2.49 bits per heavy atom. The number of rotatable bonds is 13. The number of hydrogen-bond acceptors (Lipinski definition) is 6. The quantitative estimate of drug-likeness (QED) is 0.245. The number of nitrogens with one attached hydrogen (secondary N) is 2. The van der Waals surface area contributed by atoms with Crippen LogP contribution in [-0.2, 0) is 24.3 Å². The molecule has 3 aromatic rings. The summed E-state index contributed by atoms with van der Waals surface area (Å²) in [7, 11) is 0. The lowest BCUT2D eigenvalue weighted by molar-refractivity contribution is -0.118. The van der Waals surface area contributed by atoms with Gasteiger partial charge in [-0.2, -0.15) is 0 Å². The molecule has 10 heteroatoms. The van der Waals surface area contributed by atoms with Gasteiger partial charge in [0.1, 0.15) is 11.3 Å². The number of aromatic nitrogens is 4. The van der Waals surface area contributed by atoms with Crippen molar-refractivity contribution in [2.45, 2.75) is 70.4 Å². The maximum atomic E-state index is 13.0. The number of imidazole rings is 1. The van der Waals surface area contributed by atoms with Crippen molar-refractivity contribution < 1.29 is 4.79 Å². The monoisotopic (exact) mass is 500 g/mol.